The highest BCUT2D eigenvalue weighted by molar-refractivity contribution is 5.32. The van der Waals surface area contributed by atoms with Crippen molar-refractivity contribution in [2.45, 2.75) is 37.9 Å². The molecule has 1 unspecified atom stereocenters. The van der Waals surface area contributed by atoms with E-state index in [0.29, 0.717) is 0 Å². The lowest BCUT2D eigenvalue weighted by Crippen LogP contribution is -2.20. The molecular weight excluding hydrogens is 251 g/mol. The van der Waals surface area contributed by atoms with E-state index in [1.165, 1.54) is 12.0 Å². The van der Waals surface area contributed by atoms with Gasteiger partial charge in [-0.2, -0.15) is 13.2 Å². The molecule has 1 N–H and O–H groups in total. The van der Waals surface area contributed by atoms with Crippen molar-refractivity contribution in [3.05, 3.63) is 47.0 Å². The number of benzene rings is 1. The zero-order valence-electron chi connectivity index (χ0n) is 10.9. The number of likely N-dealkylation sites (N-methyl/N-ethyl adjacent to an activating group) is 1. The van der Waals surface area contributed by atoms with Crippen LogP contribution in [0.4, 0.5) is 13.2 Å². The lowest BCUT2D eigenvalue weighted by Gasteiger charge is -2.23. The van der Waals surface area contributed by atoms with Crippen LogP contribution in [0.3, 0.4) is 0 Å². The molecule has 1 atom stereocenters. The molecule has 104 valence electrons. The number of nitrogens with one attached hydrogen (secondary N) is 1. The second-order valence-corrected chi connectivity index (χ2v) is 4.87. The summed E-state index contributed by atoms with van der Waals surface area (Å²) in [5.41, 5.74) is 1.58. The summed E-state index contributed by atoms with van der Waals surface area (Å²) in [6.45, 7) is 0. The third-order valence-corrected chi connectivity index (χ3v) is 3.56. The van der Waals surface area contributed by atoms with Gasteiger partial charge in [0.25, 0.3) is 0 Å². The highest BCUT2D eigenvalue weighted by Crippen LogP contribution is 2.33. The SMILES string of the molecule is CNC(C1=CCCCC1)c1ccc(C(F)(F)F)cc1. The van der Waals surface area contributed by atoms with Gasteiger partial charge in [0.05, 0.1) is 11.6 Å². The van der Waals surface area contributed by atoms with E-state index in [-0.39, 0.29) is 6.04 Å². The minimum atomic E-state index is -4.27. The van der Waals surface area contributed by atoms with Gasteiger partial charge in [-0.3, -0.25) is 0 Å². The molecule has 0 bridgehead atoms. The van der Waals surface area contributed by atoms with Crippen molar-refractivity contribution < 1.29 is 13.2 Å². The topological polar surface area (TPSA) is 12.0 Å². The first-order valence-electron chi connectivity index (χ1n) is 6.55. The summed E-state index contributed by atoms with van der Waals surface area (Å²) in [6, 6.07) is 5.48. The van der Waals surface area contributed by atoms with Crippen molar-refractivity contribution in [1.29, 1.82) is 0 Å². The summed E-state index contributed by atoms with van der Waals surface area (Å²) in [5.74, 6) is 0. The molecule has 0 saturated carbocycles. The lowest BCUT2D eigenvalue weighted by molar-refractivity contribution is -0.137. The van der Waals surface area contributed by atoms with E-state index in [4.69, 9.17) is 0 Å². The average Bonchev–Trinajstić information content (AvgIpc) is 2.40. The van der Waals surface area contributed by atoms with Crippen molar-refractivity contribution in [1.82, 2.24) is 5.32 Å². The molecule has 4 heteroatoms. The summed E-state index contributed by atoms with van der Waals surface area (Å²) >= 11 is 0. The Morgan fingerprint density at radius 1 is 1.11 bits per heavy atom. The molecular formula is C15H18F3N. The largest absolute Gasteiger partial charge is 0.416 e. The van der Waals surface area contributed by atoms with Gasteiger partial charge >= 0.3 is 6.18 Å². The fourth-order valence-corrected chi connectivity index (χ4v) is 2.56. The molecule has 0 radical (unpaired) electrons. The number of rotatable bonds is 3. The zero-order chi connectivity index (χ0) is 13.9. The van der Waals surface area contributed by atoms with Crippen LogP contribution < -0.4 is 5.32 Å². The highest BCUT2D eigenvalue weighted by atomic mass is 19.4. The normalized spacial score (nSPS) is 18.0. The molecule has 0 heterocycles. The van der Waals surface area contributed by atoms with Crippen molar-refractivity contribution in [3.8, 4) is 0 Å². The van der Waals surface area contributed by atoms with Gasteiger partial charge in [-0.15, -0.1) is 0 Å². The second kappa shape index (κ2) is 5.78. The predicted octanol–water partition coefficient (Wildman–Crippen LogP) is 4.47. The molecule has 19 heavy (non-hydrogen) atoms. The molecule has 0 saturated heterocycles. The Bertz CT molecular complexity index is 445. The average molecular weight is 269 g/mol. The van der Waals surface area contributed by atoms with Crippen LogP contribution in [0.1, 0.15) is 42.9 Å². The molecule has 0 amide bonds. The first kappa shape index (κ1) is 14.1. The van der Waals surface area contributed by atoms with Crippen LogP contribution in [-0.4, -0.2) is 7.05 Å². The van der Waals surface area contributed by atoms with Gasteiger partial charge in [-0.25, -0.2) is 0 Å². The smallest absolute Gasteiger partial charge is 0.310 e. The maximum Gasteiger partial charge on any atom is 0.416 e. The molecule has 0 fully saturated rings. The van der Waals surface area contributed by atoms with E-state index < -0.39 is 11.7 Å². The molecule has 1 aliphatic carbocycles. The van der Waals surface area contributed by atoms with E-state index >= 15 is 0 Å². The van der Waals surface area contributed by atoms with Gasteiger partial charge < -0.3 is 5.32 Å². The van der Waals surface area contributed by atoms with Crippen molar-refractivity contribution in [2.24, 2.45) is 0 Å². The number of hydrogen-bond donors (Lipinski definition) is 1. The van der Waals surface area contributed by atoms with Gasteiger partial charge in [-0.1, -0.05) is 23.8 Å². The maximum atomic E-state index is 12.5. The van der Waals surface area contributed by atoms with E-state index in [2.05, 4.69) is 11.4 Å². The van der Waals surface area contributed by atoms with Crippen LogP contribution in [-0.2, 0) is 6.18 Å². The molecule has 1 aromatic rings. The first-order valence-corrected chi connectivity index (χ1v) is 6.55. The Hall–Kier alpha value is -1.29. The second-order valence-electron chi connectivity index (χ2n) is 4.87. The number of halogens is 3. The van der Waals surface area contributed by atoms with Gasteiger partial charge in [0.1, 0.15) is 0 Å². The van der Waals surface area contributed by atoms with E-state index in [1.807, 2.05) is 7.05 Å². The number of allylic oxidation sites excluding steroid dienone is 1. The molecule has 1 nitrogen and oxygen atoms in total. The van der Waals surface area contributed by atoms with Crippen LogP contribution in [0, 0.1) is 0 Å². The molecule has 1 aromatic carbocycles. The third kappa shape index (κ3) is 3.38. The summed E-state index contributed by atoms with van der Waals surface area (Å²) in [5, 5.41) is 3.20. The summed E-state index contributed by atoms with van der Waals surface area (Å²) in [4.78, 5) is 0. The fraction of sp³-hybridized carbons (Fsp3) is 0.467. The molecule has 0 spiro atoms. The zero-order valence-corrected chi connectivity index (χ0v) is 10.9. The monoisotopic (exact) mass is 269 g/mol. The summed E-state index contributed by atoms with van der Waals surface area (Å²) < 4.78 is 37.6. The molecule has 2 rings (SSSR count). The first-order chi connectivity index (χ1) is 9.02. The minimum Gasteiger partial charge on any atom is -0.310 e. The Morgan fingerprint density at radius 3 is 2.26 bits per heavy atom. The van der Waals surface area contributed by atoms with Gasteiger partial charge in [-0.05, 0) is 50.4 Å². The fourth-order valence-electron chi connectivity index (χ4n) is 2.56. The minimum absolute atomic E-state index is 0.0302. The van der Waals surface area contributed by atoms with Crippen LogP contribution in [0.15, 0.2) is 35.9 Å². The van der Waals surface area contributed by atoms with Crippen LogP contribution in [0.2, 0.25) is 0 Å². The Kier molecular flexibility index (Phi) is 4.30. The number of alkyl halides is 3. The molecule has 0 aromatic heterocycles. The van der Waals surface area contributed by atoms with Crippen molar-refractivity contribution in [2.75, 3.05) is 7.05 Å². The summed E-state index contributed by atoms with van der Waals surface area (Å²) in [6.07, 6.45) is 2.39. The van der Waals surface area contributed by atoms with Gasteiger partial charge in [0.2, 0.25) is 0 Å². The summed E-state index contributed by atoms with van der Waals surface area (Å²) in [7, 11) is 1.85. The van der Waals surface area contributed by atoms with Gasteiger partial charge in [0.15, 0.2) is 0 Å². The van der Waals surface area contributed by atoms with E-state index in [1.54, 1.807) is 12.1 Å². The molecule has 1 aliphatic rings. The van der Waals surface area contributed by atoms with Crippen LogP contribution >= 0.6 is 0 Å². The van der Waals surface area contributed by atoms with Gasteiger partial charge in [0, 0.05) is 0 Å². The number of hydrogen-bond acceptors (Lipinski definition) is 1. The van der Waals surface area contributed by atoms with Crippen molar-refractivity contribution >= 4 is 0 Å². The third-order valence-electron chi connectivity index (χ3n) is 3.56. The Labute approximate surface area is 111 Å². The lowest BCUT2D eigenvalue weighted by atomic mass is 9.89. The van der Waals surface area contributed by atoms with Crippen LogP contribution in [0.5, 0.6) is 0 Å². The Balaban J connectivity index is 2.22. The molecule has 0 aliphatic heterocycles. The predicted molar refractivity (Wildman–Crippen MR) is 69.8 cm³/mol. The maximum absolute atomic E-state index is 12.5. The Morgan fingerprint density at radius 2 is 1.79 bits per heavy atom. The highest BCUT2D eigenvalue weighted by Gasteiger charge is 2.30. The van der Waals surface area contributed by atoms with Crippen LogP contribution in [0.25, 0.3) is 0 Å². The van der Waals surface area contributed by atoms with E-state index in [9.17, 15) is 13.2 Å². The quantitative estimate of drug-likeness (QED) is 0.798. The van der Waals surface area contributed by atoms with E-state index in [0.717, 1.165) is 37.0 Å². The standard InChI is InChI=1S/C15H18F3N/c1-19-14(11-5-3-2-4-6-11)12-7-9-13(10-8-12)15(16,17)18/h5,7-10,14,19H,2-4,6H2,1H3. The van der Waals surface area contributed by atoms with Crippen molar-refractivity contribution in [3.63, 3.8) is 0 Å².